The molecule has 0 aliphatic heterocycles. The van der Waals surface area contributed by atoms with Crippen LogP contribution in [0.3, 0.4) is 0 Å². The summed E-state index contributed by atoms with van der Waals surface area (Å²) in [5.74, 6) is -0.433. The van der Waals surface area contributed by atoms with Gasteiger partial charge < -0.3 is 9.26 Å². The first-order valence-electron chi connectivity index (χ1n) is 7.05. The molecule has 2 heterocycles. The van der Waals surface area contributed by atoms with E-state index in [2.05, 4.69) is 10.1 Å². The standard InChI is InChI=1S/C17H12ClFN2O3/c1-10-14(9-23-17(22)13-3-2-8-20-16(13)18)21-24-15(10)11-4-6-12(19)7-5-11/h2-8H,9H2,1H3. The quantitative estimate of drug-likeness (QED) is 0.523. The SMILES string of the molecule is Cc1c(COC(=O)c2cccnc2Cl)noc1-c1ccc(F)cc1. The summed E-state index contributed by atoms with van der Waals surface area (Å²) in [7, 11) is 0. The summed E-state index contributed by atoms with van der Waals surface area (Å²) >= 11 is 5.85. The van der Waals surface area contributed by atoms with Gasteiger partial charge in [-0.15, -0.1) is 0 Å². The number of nitrogens with zero attached hydrogens (tertiary/aromatic N) is 2. The van der Waals surface area contributed by atoms with Gasteiger partial charge in [0.1, 0.15) is 23.3 Å². The van der Waals surface area contributed by atoms with Crippen molar-refractivity contribution >= 4 is 17.6 Å². The van der Waals surface area contributed by atoms with E-state index in [1.165, 1.54) is 24.4 Å². The number of benzene rings is 1. The van der Waals surface area contributed by atoms with E-state index in [9.17, 15) is 9.18 Å². The van der Waals surface area contributed by atoms with Crippen LogP contribution in [0.5, 0.6) is 0 Å². The van der Waals surface area contributed by atoms with E-state index >= 15 is 0 Å². The highest BCUT2D eigenvalue weighted by Crippen LogP contribution is 2.26. The Morgan fingerprint density at radius 2 is 2.04 bits per heavy atom. The van der Waals surface area contributed by atoms with Crippen molar-refractivity contribution in [3.8, 4) is 11.3 Å². The number of esters is 1. The Kier molecular flexibility index (Phi) is 4.57. The number of aromatic nitrogens is 2. The molecule has 0 bridgehead atoms. The summed E-state index contributed by atoms with van der Waals surface area (Å²) in [5.41, 5.74) is 2.06. The Morgan fingerprint density at radius 3 is 2.75 bits per heavy atom. The van der Waals surface area contributed by atoms with E-state index in [1.54, 1.807) is 25.1 Å². The third-order valence-electron chi connectivity index (χ3n) is 3.45. The molecule has 24 heavy (non-hydrogen) atoms. The molecule has 0 atom stereocenters. The van der Waals surface area contributed by atoms with Crippen molar-refractivity contribution in [2.24, 2.45) is 0 Å². The summed E-state index contributed by atoms with van der Waals surface area (Å²) in [6, 6.07) is 8.97. The van der Waals surface area contributed by atoms with E-state index < -0.39 is 5.97 Å². The minimum atomic E-state index is -0.598. The second-order valence-corrected chi connectivity index (χ2v) is 5.37. The van der Waals surface area contributed by atoms with Crippen LogP contribution < -0.4 is 0 Å². The van der Waals surface area contributed by atoms with Crippen LogP contribution in [0, 0.1) is 12.7 Å². The minimum Gasteiger partial charge on any atom is -0.455 e. The number of ether oxygens (including phenoxy) is 1. The predicted molar refractivity (Wildman–Crippen MR) is 85.0 cm³/mol. The van der Waals surface area contributed by atoms with Gasteiger partial charge in [-0.25, -0.2) is 14.2 Å². The number of halogens is 2. The summed E-state index contributed by atoms with van der Waals surface area (Å²) in [4.78, 5) is 15.8. The van der Waals surface area contributed by atoms with Crippen molar-refractivity contribution in [2.75, 3.05) is 0 Å². The molecule has 1 aromatic carbocycles. The van der Waals surface area contributed by atoms with Gasteiger partial charge in [-0.05, 0) is 43.3 Å². The molecule has 7 heteroatoms. The van der Waals surface area contributed by atoms with Crippen LogP contribution in [-0.2, 0) is 11.3 Å². The molecule has 0 amide bonds. The van der Waals surface area contributed by atoms with E-state index in [0.29, 0.717) is 22.6 Å². The minimum absolute atomic E-state index is 0.0689. The highest BCUT2D eigenvalue weighted by atomic mass is 35.5. The molecule has 5 nitrogen and oxygen atoms in total. The lowest BCUT2D eigenvalue weighted by molar-refractivity contribution is 0.0463. The summed E-state index contributed by atoms with van der Waals surface area (Å²) in [6.07, 6.45) is 1.48. The number of hydrogen-bond acceptors (Lipinski definition) is 5. The lowest BCUT2D eigenvalue weighted by Gasteiger charge is -2.04. The predicted octanol–water partition coefficient (Wildman–Crippen LogP) is 4.19. The second-order valence-electron chi connectivity index (χ2n) is 5.01. The first-order valence-corrected chi connectivity index (χ1v) is 7.43. The van der Waals surface area contributed by atoms with Crippen molar-refractivity contribution < 1.29 is 18.4 Å². The second kappa shape index (κ2) is 6.80. The fourth-order valence-corrected chi connectivity index (χ4v) is 2.32. The topological polar surface area (TPSA) is 65.2 Å². The number of carbonyl (C=O) groups excluding carboxylic acids is 1. The summed E-state index contributed by atoms with van der Waals surface area (Å²) in [6.45, 7) is 1.72. The average molecular weight is 347 g/mol. The van der Waals surface area contributed by atoms with Crippen LogP contribution in [0.4, 0.5) is 4.39 Å². The molecule has 0 fully saturated rings. The largest absolute Gasteiger partial charge is 0.455 e. The van der Waals surface area contributed by atoms with Gasteiger partial charge in [0.2, 0.25) is 0 Å². The van der Waals surface area contributed by atoms with Gasteiger partial charge in [0.25, 0.3) is 0 Å². The van der Waals surface area contributed by atoms with Crippen LogP contribution in [-0.4, -0.2) is 16.1 Å². The first-order chi connectivity index (χ1) is 11.6. The van der Waals surface area contributed by atoms with Gasteiger partial charge in [0, 0.05) is 17.3 Å². The maximum absolute atomic E-state index is 13.0. The Bertz CT molecular complexity index is 878. The molecule has 3 aromatic rings. The highest BCUT2D eigenvalue weighted by molar-refractivity contribution is 6.32. The molecule has 0 radical (unpaired) electrons. The van der Waals surface area contributed by atoms with Crippen molar-refractivity contribution in [3.05, 3.63) is 70.4 Å². The van der Waals surface area contributed by atoms with E-state index in [1.807, 2.05) is 0 Å². The number of carbonyl (C=O) groups is 1. The maximum atomic E-state index is 13.0. The van der Waals surface area contributed by atoms with Crippen molar-refractivity contribution in [2.45, 2.75) is 13.5 Å². The Balaban J connectivity index is 1.74. The molecule has 0 aliphatic carbocycles. The summed E-state index contributed by atoms with van der Waals surface area (Å²) in [5, 5.41) is 3.98. The van der Waals surface area contributed by atoms with E-state index in [-0.39, 0.29) is 23.1 Å². The molecule has 0 unspecified atom stereocenters. The zero-order chi connectivity index (χ0) is 17.1. The van der Waals surface area contributed by atoms with Crippen LogP contribution in [0.15, 0.2) is 47.1 Å². The van der Waals surface area contributed by atoms with Crippen LogP contribution >= 0.6 is 11.6 Å². The van der Waals surface area contributed by atoms with Gasteiger partial charge in [0.15, 0.2) is 5.76 Å². The van der Waals surface area contributed by atoms with Gasteiger partial charge >= 0.3 is 5.97 Å². The lowest BCUT2D eigenvalue weighted by Crippen LogP contribution is -2.07. The van der Waals surface area contributed by atoms with E-state index in [4.69, 9.17) is 20.9 Å². The van der Waals surface area contributed by atoms with Gasteiger partial charge in [-0.2, -0.15) is 0 Å². The Hall–Kier alpha value is -2.73. The Morgan fingerprint density at radius 1 is 1.29 bits per heavy atom. The fourth-order valence-electron chi connectivity index (χ4n) is 2.12. The first kappa shape index (κ1) is 16.1. The van der Waals surface area contributed by atoms with Crippen molar-refractivity contribution in [1.82, 2.24) is 10.1 Å². The Labute approximate surface area is 142 Å². The highest BCUT2D eigenvalue weighted by Gasteiger charge is 2.17. The monoisotopic (exact) mass is 346 g/mol. The number of rotatable bonds is 4. The third kappa shape index (κ3) is 3.28. The molecule has 3 rings (SSSR count). The fraction of sp³-hybridized carbons (Fsp3) is 0.118. The zero-order valence-electron chi connectivity index (χ0n) is 12.6. The third-order valence-corrected chi connectivity index (χ3v) is 3.75. The molecule has 0 N–H and O–H groups in total. The van der Waals surface area contributed by atoms with Crippen LogP contribution in [0.2, 0.25) is 5.15 Å². The number of hydrogen-bond donors (Lipinski definition) is 0. The molecular formula is C17H12ClFN2O3. The number of pyridine rings is 1. The van der Waals surface area contributed by atoms with Gasteiger partial charge in [0.05, 0.1) is 5.56 Å². The normalized spacial score (nSPS) is 10.6. The van der Waals surface area contributed by atoms with Crippen molar-refractivity contribution in [3.63, 3.8) is 0 Å². The maximum Gasteiger partial charge on any atom is 0.341 e. The molecule has 0 saturated heterocycles. The van der Waals surface area contributed by atoms with Crippen LogP contribution in [0.1, 0.15) is 21.6 Å². The van der Waals surface area contributed by atoms with Gasteiger partial charge in [-0.1, -0.05) is 16.8 Å². The molecule has 122 valence electrons. The molecule has 2 aromatic heterocycles. The average Bonchev–Trinajstić information content (AvgIpc) is 2.95. The molecule has 0 aliphatic rings. The lowest BCUT2D eigenvalue weighted by atomic mass is 10.1. The van der Waals surface area contributed by atoms with Crippen LogP contribution in [0.25, 0.3) is 11.3 Å². The summed E-state index contributed by atoms with van der Waals surface area (Å²) < 4.78 is 23.5. The van der Waals surface area contributed by atoms with E-state index in [0.717, 1.165) is 0 Å². The molecular weight excluding hydrogens is 335 g/mol. The van der Waals surface area contributed by atoms with Crippen molar-refractivity contribution in [1.29, 1.82) is 0 Å². The van der Waals surface area contributed by atoms with Gasteiger partial charge in [-0.3, -0.25) is 0 Å². The molecule has 0 spiro atoms. The smallest absolute Gasteiger partial charge is 0.341 e. The molecule has 0 saturated carbocycles. The zero-order valence-corrected chi connectivity index (χ0v) is 13.4.